The zero-order valence-electron chi connectivity index (χ0n) is 17.2. The lowest BCUT2D eigenvalue weighted by Gasteiger charge is -2.19. The van der Waals surface area contributed by atoms with Gasteiger partial charge in [0, 0.05) is 5.56 Å². The van der Waals surface area contributed by atoms with Gasteiger partial charge in [0.1, 0.15) is 0 Å². The molecular formula is C25H25N3O. The normalized spacial score (nSPS) is 11.7. The fraction of sp³-hybridized carbons (Fsp3) is 0.200. The molecule has 0 fully saturated rings. The van der Waals surface area contributed by atoms with Crippen molar-refractivity contribution in [2.24, 2.45) is 0 Å². The van der Waals surface area contributed by atoms with Gasteiger partial charge in [-0.3, -0.25) is 4.79 Å². The van der Waals surface area contributed by atoms with E-state index in [1.54, 1.807) is 0 Å². The van der Waals surface area contributed by atoms with Crippen molar-refractivity contribution in [1.29, 1.82) is 0 Å². The zero-order chi connectivity index (χ0) is 20.8. The van der Waals surface area contributed by atoms with Crippen LogP contribution in [-0.2, 0) is 5.41 Å². The molecule has 0 amide bonds. The SMILES string of the molecule is Cc1cccc(-c2ccc3nc(-c4ccc(C(C)(C)C)cc4)n(N)c(=O)c3c2)c1. The minimum Gasteiger partial charge on any atom is -0.334 e. The highest BCUT2D eigenvalue weighted by atomic mass is 16.1. The monoisotopic (exact) mass is 383 g/mol. The second-order valence-electron chi connectivity index (χ2n) is 8.54. The van der Waals surface area contributed by atoms with Crippen LogP contribution in [0.2, 0.25) is 0 Å². The summed E-state index contributed by atoms with van der Waals surface area (Å²) in [6, 6.07) is 22.0. The lowest BCUT2D eigenvalue weighted by molar-refractivity contribution is 0.590. The van der Waals surface area contributed by atoms with Crippen LogP contribution in [0.3, 0.4) is 0 Å². The van der Waals surface area contributed by atoms with Gasteiger partial charge < -0.3 is 5.84 Å². The Morgan fingerprint density at radius 1 is 0.862 bits per heavy atom. The van der Waals surface area contributed by atoms with E-state index in [0.717, 1.165) is 21.4 Å². The van der Waals surface area contributed by atoms with Crippen molar-refractivity contribution >= 4 is 10.9 Å². The van der Waals surface area contributed by atoms with Gasteiger partial charge in [0.25, 0.3) is 5.56 Å². The van der Waals surface area contributed by atoms with E-state index in [4.69, 9.17) is 5.84 Å². The van der Waals surface area contributed by atoms with E-state index in [1.807, 2.05) is 42.5 Å². The summed E-state index contributed by atoms with van der Waals surface area (Å²) >= 11 is 0. The highest BCUT2D eigenvalue weighted by Gasteiger charge is 2.15. The van der Waals surface area contributed by atoms with Gasteiger partial charge >= 0.3 is 0 Å². The average Bonchev–Trinajstić information content (AvgIpc) is 2.70. The summed E-state index contributed by atoms with van der Waals surface area (Å²) in [7, 11) is 0. The van der Waals surface area contributed by atoms with Crippen molar-refractivity contribution in [2.75, 3.05) is 5.84 Å². The number of aromatic nitrogens is 2. The molecule has 4 aromatic rings. The van der Waals surface area contributed by atoms with Crippen molar-refractivity contribution in [1.82, 2.24) is 9.66 Å². The molecule has 4 nitrogen and oxygen atoms in total. The van der Waals surface area contributed by atoms with E-state index in [2.05, 4.69) is 56.9 Å². The van der Waals surface area contributed by atoms with Crippen LogP contribution in [0.5, 0.6) is 0 Å². The van der Waals surface area contributed by atoms with Gasteiger partial charge in [0.15, 0.2) is 5.82 Å². The van der Waals surface area contributed by atoms with Crippen LogP contribution in [-0.4, -0.2) is 9.66 Å². The lowest BCUT2D eigenvalue weighted by atomic mass is 9.86. The van der Waals surface area contributed by atoms with Gasteiger partial charge in [-0.25, -0.2) is 9.66 Å². The first-order valence-corrected chi connectivity index (χ1v) is 9.74. The summed E-state index contributed by atoms with van der Waals surface area (Å²) in [6.07, 6.45) is 0. The molecule has 4 rings (SSSR count). The Morgan fingerprint density at radius 3 is 2.17 bits per heavy atom. The first-order chi connectivity index (χ1) is 13.7. The Labute approximate surface area is 170 Å². The number of aryl methyl sites for hydroxylation is 1. The number of rotatable bonds is 2. The van der Waals surface area contributed by atoms with Gasteiger partial charge in [-0.1, -0.05) is 80.9 Å². The Hall–Kier alpha value is -3.40. The van der Waals surface area contributed by atoms with Gasteiger partial charge in [0.2, 0.25) is 0 Å². The summed E-state index contributed by atoms with van der Waals surface area (Å²) in [6.45, 7) is 8.55. The molecule has 0 aliphatic carbocycles. The zero-order valence-corrected chi connectivity index (χ0v) is 17.2. The van der Waals surface area contributed by atoms with Crippen molar-refractivity contribution < 1.29 is 0 Å². The summed E-state index contributed by atoms with van der Waals surface area (Å²) < 4.78 is 1.15. The number of nitrogens with two attached hydrogens (primary N) is 1. The molecule has 0 saturated carbocycles. The van der Waals surface area contributed by atoms with Crippen molar-refractivity contribution in [2.45, 2.75) is 33.1 Å². The van der Waals surface area contributed by atoms with Gasteiger partial charge in [0.05, 0.1) is 10.9 Å². The highest BCUT2D eigenvalue weighted by molar-refractivity contribution is 5.85. The number of hydrogen-bond donors (Lipinski definition) is 1. The number of nitrogen functional groups attached to an aromatic ring is 1. The molecule has 0 aliphatic heterocycles. The van der Waals surface area contributed by atoms with E-state index in [-0.39, 0.29) is 11.0 Å². The van der Waals surface area contributed by atoms with Crippen LogP contribution in [0.25, 0.3) is 33.4 Å². The van der Waals surface area contributed by atoms with Crippen LogP contribution in [0, 0.1) is 6.92 Å². The maximum Gasteiger partial charge on any atom is 0.280 e. The molecular weight excluding hydrogens is 358 g/mol. The third kappa shape index (κ3) is 3.54. The van der Waals surface area contributed by atoms with Crippen LogP contribution < -0.4 is 11.4 Å². The second kappa shape index (κ2) is 6.89. The molecule has 0 atom stereocenters. The summed E-state index contributed by atoms with van der Waals surface area (Å²) in [5, 5.41) is 0.515. The molecule has 3 aromatic carbocycles. The lowest BCUT2D eigenvalue weighted by Crippen LogP contribution is -2.30. The van der Waals surface area contributed by atoms with Crippen molar-refractivity contribution in [3.05, 3.63) is 88.2 Å². The third-order valence-electron chi connectivity index (χ3n) is 5.26. The quantitative estimate of drug-likeness (QED) is 0.493. The third-order valence-corrected chi connectivity index (χ3v) is 5.26. The predicted molar refractivity (Wildman–Crippen MR) is 120 cm³/mol. The maximum atomic E-state index is 13.0. The maximum absolute atomic E-state index is 13.0. The second-order valence-corrected chi connectivity index (χ2v) is 8.54. The minimum absolute atomic E-state index is 0.0594. The molecule has 2 N–H and O–H groups in total. The van der Waals surface area contributed by atoms with Crippen LogP contribution in [0.4, 0.5) is 0 Å². The predicted octanol–water partition coefficient (Wildman–Crippen LogP) is 5.05. The molecule has 0 aliphatic rings. The highest BCUT2D eigenvalue weighted by Crippen LogP contribution is 2.27. The summed E-state index contributed by atoms with van der Waals surface area (Å²) in [5.74, 6) is 6.62. The molecule has 0 unspecified atom stereocenters. The fourth-order valence-electron chi connectivity index (χ4n) is 3.53. The topological polar surface area (TPSA) is 60.9 Å². The molecule has 0 radical (unpaired) electrons. The standard InChI is InChI=1S/C25H25N3O/c1-16-6-5-7-18(14-16)19-10-13-22-21(15-19)24(29)28(26)23(27-22)17-8-11-20(12-9-17)25(2,3)4/h5-15H,26H2,1-4H3. The number of fused-ring (bicyclic) bond motifs is 1. The van der Waals surface area contributed by atoms with Gasteiger partial charge in [-0.05, 0) is 41.2 Å². The molecule has 0 bridgehead atoms. The number of hydrogen-bond acceptors (Lipinski definition) is 3. The van der Waals surface area contributed by atoms with Crippen LogP contribution >= 0.6 is 0 Å². The Kier molecular flexibility index (Phi) is 4.50. The van der Waals surface area contributed by atoms with E-state index in [9.17, 15) is 4.79 Å². The molecule has 29 heavy (non-hydrogen) atoms. The smallest absolute Gasteiger partial charge is 0.280 e. The van der Waals surface area contributed by atoms with Crippen LogP contribution in [0.15, 0.2) is 71.5 Å². The molecule has 1 aromatic heterocycles. The van der Waals surface area contributed by atoms with E-state index in [0.29, 0.717) is 16.7 Å². The van der Waals surface area contributed by atoms with Crippen molar-refractivity contribution in [3.8, 4) is 22.5 Å². The Morgan fingerprint density at radius 2 is 1.52 bits per heavy atom. The molecule has 0 saturated heterocycles. The molecule has 146 valence electrons. The minimum atomic E-state index is -0.251. The summed E-state index contributed by atoms with van der Waals surface area (Å²) in [5.41, 5.74) is 5.70. The van der Waals surface area contributed by atoms with Crippen LogP contribution in [0.1, 0.15) is 31.9 Å². The fourth-order valence-corrected chi connectivity index (χ4v) is 3.53. The number of benzene rings is 3. The first-order valence-electron chi connectivity index (χ1n) is 9.74. The van der Waals surface area contributed by atoms with E-state index in [1.165, 1.54) is 11.1 Å². The molecule has 4 heteroatoms. The number of nitrogens with zero attached hydrogens (tertiary/aromatic N) is 2. The van der Waals surface area contributed by atoms with Gasteiger partial charge in [-0.15, -0.1) is 0 Å². The summed E-state index contributed by atoms with van der Waals surface area (Å²) in [4.78, 5) is 17.7. The van der Waals surface area contributed by atoms with E-state index < -0.39 is 0 Å². The van der Waals surface area contributed by atoms with E-state index >= 15 is 0 Å². The molecule has 1 heterocycles. The molecule has 0 spiro atoms. The Balaban J connectivity index is 1.83. The average molecular weight is 383 g/mol. The van der Waals surface area contributed by atoms with Gasteiger partial charge in [-0.2, -0.15) is 0 Å². The van der Waals surface area contributed by atoms with Crippen molar-refractivity contribution in [3.63, 3.8) is 0 Å². The first kappa shape index (κ1) is 18.9. The largest absolute Gasteiger partial charge is 0.334 e. The Bertz CT molecular complexity index is 1260.